The fourth-order valence-corrected chi connectivity index (χ4v) is 6.87. The SMILES string of the molecule is Fc1ccc2ccn(CCCN3CC[C@H]4[C@@H](C3)c3cccc5c3N4CCCS5)c2c1. The van der Waals surface area contributed by atoms with Crippen LogP contribution in [0.25, 0.3) is 10.9 Å². The van der Waals surface area contributed by atoms with Crippen LogP contribution in [-0.2, 0) is 6.54 Å². The molecule has 0 spiro atoms. The van der Waals surface area contributed by atoms with E-state index in [1.165, 1.54) is 43.1 Å². The molecule has 3 aromatic rings. The quantitative estimate of drug-likeness (QED) is 0.563. The first-order valence-corrected chi connectivity index (χ1v) is 12.3. The third-order valence-corrected chi connectivity index (χ3v) is 8.32. The van der Waals surface area contributed by atoms with Gasteiger partial charge in [-0.15, -0.1) is 11.8 Å². The number of rotatable bonds is 4. The first-order valence-electron chi connectivity index (χ1n) is 11.3. The van der Waals surface area contributed by atoms with Gasteiger partial charge in [0.25, 0.3) is 0 Å². The van der Waals surface area contributed by atoms with E-state index in [9.17, 15) is 4.39 Å². The van der Waals surface area contributed by atoms with Crippen LogP contribution in [-0.4, -0.2) is 47.4 Å². The second-order valence-corrected chi connectivity index (χ2v) is 10.1. The Morgan fingerprint density at radius 3 is 3.00 bits per heavy atom. The van der Waals surface area contributed by atoms with Crippen molar-refractivity contribution >= 4 is 28.4 Å². The fourth-order valence-electron chi connectivity index (χ4n) is 5.83. The monoisotopic (exact) mass is 421 g/mol. The maximum Gasteiger partial charge on any atom is 0.125 e. The Hall–Kier alpha value is -1.98. The van der Waals surface area contributed by atoms with Crippen molar-refractivity contribution in [2.75, 3.05) is 36.8 Å². The Morgan fingerprint density at radius 2 is 2.03 bits per heavy atom. The van der Waals surface area contributed by atoms with Crippen molar-refractivity contribution in [3.05, 3.63) is 60.0 Å². The molecule has 1 saturated heterocycles. The van der Waals surface area contributed by atoms with Gasteiger partial charge in [-0.2, -0.15) is 0 Å². The van der Waals surface area contributed by atoms with E-state index in [1.54, 1.807) is 23.4 Å². The molecule has 156 valence electrons. The second-order valence-electron chi connectivity index (χ2n) is 8.92. The van der Waals surface area contributed by atoms with Crippen LogP contribution < -0.4 is 4.90 Å². The van der Waals surface area contributed by atoms with E-state index in [0.29, 0.717) is 12.0 Å². The van der Waals surface area contributed by atoms with Crippen molar-refractivity contribution in [3.8, 4) is 0 Å². The molecule has 0 unspecified atom stereocenters. The summed E-state index contributed by atoms with van der Waals surface area (Å²) >= 11 is 2.04. The number of nitrogens with zero attached hydrogens (tertiary/aromatic N) is 3. The Labute approximate surface area is 181 Å². The molecular formula is C25H28FN3S. The highest BCUT2D eigenvalue weighted by molar-refractivity contribution is 7.99. The number of para-hydroxylation sites is 1. The molecular weight excluding hydrogens is 393 g/mol. The Bertz CT molecular complexity index is 1080. The highest BCUT2D eigenvalue weighted by Gasteiger charge is 2.43. The lowest BCUT2D eigenvalue weighted by molar-refractivity contribution is 0.189. The van der Waals surface area contributed by atoms with Crippen LogP contribution >= 0.6 is 11.8 Å². The number of aryl methyl sites for hydroxylation is 1. The van der Waals surface area contributed by atoms with Gasteiger partial charge in [0.05, 0.1) is 11.2 Å². The van der Waals surface area contributed by atoms with Gasteiger partial charge >= 0.3 is 0 Å². The number of hydrogen-bond donors (Lipinski definition) is 0. The predicted octanol–water partition coefficient (Wildman–Crippen LogP) is 5.34. The van der Waals surface area contributed by atoms with Gasteiger partial charge in [-0.1, -0.05) is 12.1 Å². The van der Waals surface area contributed by atoms with Crippen molar-refractivity contribution in [1.82, 2.24) is 9.47 Å². The summed E-state index contributed by atoms with van der Waals surface area (Å²) in [6.07, 6.45) is 5.75. The fraction of sp³-hybridized carbons (Fsp3) is 0.440. The normalized spacial score (nSPS) is 23.4. The molecule has 6 rings (SSSR count). The number of fused-ring (bicyclic) bond motifs is 4. The van der Waals surface area contributed by atoms with Gasteiger partial charge in [0, 0.05) is 49.2 Å². The van der Waals surface area contributed by atoms with Gasteiger partial charge < -0.3 is 14.4 Å². The summed E-state index contributed by atoms with van der Waals surface area (Å²) in [5.74, 6) is 1.74. The van der Waals surface area contributed by atoms with Gasteiger partial charge in [-0.05, 0) is 72.8 Å². The first-order chi connectivity index (χ1) is 14.8. The summed E-state index contributed by atoms with van der Waals surface area (Å²) in [6, 6.07) is 14.8. The van der Waals surface area contributed by atoms with E-state index in [2.05, 4.69) is 44.8 Å². The van der Waals surface area contributed by atoms with Gasteiger partial charge in [0.15, 0.2) is 0 Å². The van der Waals surface area contributed by atoms with Crippen LogP contribution in [0.2, 0.25) is 0 Å². The molecule has 3 nitrogen and oxygen atoms in total. The van der Waals surface area contributed by atoms with Crippen LogP contribution in [0.15, 0.2) is 53.6 Å². The topological polar surface area (TPSA) is 11.4 Å². The molecule has 2 atom stereocenters. The average molecular weight is 422 g/mol. The molecule has 4 heterocycles. The zero-order valence-electron chi connectivity index (χ0n) is 17.3. The third-order valence-electron chi connectivity index (χ3n) is 7.19. The number of anilines is 1. The minimum absolute atomic E-state index is 0.153. The smallest absolute Gasteiger partial charge is 0.125 e. The number of aromatic nitrogens is 1. The molecule has 0 N–H and O–H groups in total. The Morgan fingerprint density at radius 1 is 1.07 bits per heavy atom. The summed E-state index contributed by atoms with van der Waals surface area (Å²) in [6.45, 7) is 5.64. The minimum atomic E-state index is -0.153. The molecule has 0 bridgehead atoms. The van der Waals surface area contributed by atoms with Gasteiger partial charge in [-0.25, -0.2) is 4.39 Å². The average Bonchev–Trinajstić information content (AvgIpc) is 3.21. The van der Waals surface area contributed by atoms with Gasteiger partial charge in [0.2, 0.25) is 0 Å². The molecule has 0 amide bonds. The van der Waals surface area contributed by atoms with Crippen LogP contribution in [0.1, 0.15) is 30.7 Å². The van der Waals surface area contributed by atoms with Crippen molar-refractivity contribution in [2.45, 2.75) is 42.7 Å². The predicted molar refractivity (Wildman–Crippen MR) is 123 cm³/mol. The van der Waals surface area contributed by atoms with Crippen molar-refractivity contribution < 1.29 is 4.39 Å². The van der Waals surface area contributed by atoms with Gasteiger partial charge in [-0.3, -0.25) is 0 Å². The van der Waals surface area contributed by atoms with E-state index in [-0.39, 0.29) is 5.82 Å². The third kappa shape index (κ3) is 3.14. The molecule has 1 aromatic heterocycles. The van der Waals surface area contributed by atoms with E-state index in [1.807, 2.05) is 17.8 Å². The maximum absolute atomic E-state index is 13.6. The van der Waals surface area contributed by atoms with Crippen LogP contribution in [0.5, 0.6) is 0 Å². The van der Waals surface area contributed by atoms with Crippen molar-refractivity contribution in [3.63, 3.8) is 0 Å². The largest absolute Gasteiger partial charge is 0.367 e. The first kappa shape index (κ1) is 18.8. The Balaban J connectivity index is 1.14. The molecule has 3 aliphatic heterocycles. The molecule has 0 aliphatic carbocycles. The lowest BCUT2D eigenvalue weighted by Gasteiger charge is -2.39. The zero-order valence-corrected chi connectivity index (χ0v) is 18.1. The van der Waals surface area contributed by atoms with E-state index in [4.69, 9.17) is 0 Å². The molecule has 0 saturated carbocycles. The standard InChI is InChI=1S/C25H28FN3S/c26-19-7-6-18-8-14-28(23(18)16-19)11-2-10-27-13-9-22-21(17-27)20-4-1-5-24-25(20)29(22)12-3-15-30-24/h1,4-8,14,16,21-22H,2-3,9-13,15,17H2/t21-,22-/m0/s1. The van der Waals surface area contributed by atoms with E-state index >= 15 is 0 Å². The second kappa shape index (κ2) is 7.61. The van der Waals surface area contributed by atoms with Crippen molar-refractivity contribution in [2.24, 2.45) is 0 Å². The minimum Gasteiger partial charge on any atom is -0.367 e. The number of benzene rings is 2. The van der Waals surface area contributed by atoms with Crippen LogP contribution in [0, 0.1) is 5.82 Å². The summed E-state index contributed by atoms with van der Waals surface area (Å²) in [4.78, 5) is 6.90. The zero-order chi connectivity index (χ0) is 20.1. The summed E-state index contributed by atoms with van der Waals surface area (Å²) in [5.41, 5.74) is 4.15. The molecule has 3 aliphatic rings. The van der Waals surface area contributed by atoms with E-state index in [0.717, 1.165) is 30.4 Å². The lowest BCUT2D eigenvalue weighted by atomic mass is 9.89. The number of hydrogen-bond acceptors (Lipinski definition) is 3. The number of piperidine rings is 1. The highest BCUT2D eigenvalue weighted by Crippen LogP contribution is 2.50. The highest BCUT2D eigenvalue weighted by atomic mass is 32.2. The summed E-state index contributed by atoms with van der Waals surface area (Å²) in [5, 5.41) is 1.12. The van der Waals surface area contributed by atoms with Crippen LogP contribution in [0.4, 0.5) is 10.1 Å². The molecule has 2 aromatic carbocycles. The van der Waals surface area contributed by atoms with Crippen molar-refractivity contribution in [1.29, 1.82) is 0 Å². The van der Waals surface area contributed by atoms with E-state index < -0.39 is 0 Å². The number of halogens is 1. The maximum atomic E-state index is 13.6. The molecule has 0 radical (unpaired) electrons. The summed E-state index contributed by atoms with van der Waals surface area (Å²) < 4.78 is 15.8. The number of likely N-dealkylation sites (tertiary alicyclic amines) is 1. The molecule has 1 fully saturated rings. The molecule has 30 heavy (non-hydrogen) atoms. The summed E-state index contributed by atoms with van der Waals surface area (Å²) in [7, 11) is 0. The Kier molecular flexibility index (Phi) is 4.76. The van der Waals surface area contributed by atoms with Gasteiger partial charge in [0.1, 0.15) is 5.82 Å². The molecule has 5 heteroatoms. The van der Waals surface area contributed by atoms with Crippen LogP contribution in [0.3, 0.4) is 0 Å². The number of thioether (sulfide) groups is 1. The lowest BCUT2D eigenvalue weighted by Crippen LogP contribution is -2.46.